The van der Waals surface area contributed by atoms with Gasteiger partial charge in [0.15, 0.2) is 5.78 Å². The van der Waals surface area contributed by atoms with E-state index in [-0.39, 0.29) is 24.1 Å². The Hall–Kier alpha value is -3.81. The minimum atomic E-state index is -0.619. The van der Waals surface area contributed by atoms with E-state index in [1.807, 2.05) is 32.0 Å². The predicted octanol–water partition coefficient (Wildman–Crippen LogP) is 2.49. The summed E-state index contributed by atoms with van der Waals surface area (Å²) in [6.07, 6.45) is 4.37. The van der Waals surface area contributed by atoms with Gasteiger partial charge in [-0.25, -0.2) is 0 Å². The fraction of sp³-hybridized carbons (Fsp3) is 0.292. The van der Waals surface area contributed by atoms with Crippen LogP contribution in [0.4, 0.5) is 0 Å². The van der Waals surface area contributed by atoms with Crippen molar-refractivity contribution in [2.75, 3.05) is 13.1 Å². The fourth-order valence-electron chi connectivity index (χ4n) is 4.04. The third kappa shape index (κ3) is 4.30. The molecule has 0 spiro atoms. The quantitative estimate of drug-likeness (QED) is 0.605. The van der Waals surface area contributed by atoms with E-state index in [0.717, 1.165) is 17.5 Å². The Morgan fingerprint density at radius 3 is 2.53 bits per heavy atom. The van der Waals surface area contributed by atoms with Crippen molar-refractivity contribution >= 4 is 17.6 Å². The summed E-state index contributed by atoms with van der Waals surface area (Å²) in [7, 11) is 0. The van der Waals surface area contributed by atoms with E-state index in [0.29, 0.717) is 29.8 Å². The van der Waals surface area contributed by atoms with E-state index >= 15 is 0 Å². The minimum Gasteiger partial charge on any atom is -0.347 e. The number of nitrogens with one attached hydrogen (secondary N) is 1. The third-order valence-corrected chi connectivity index (χ3v) is 5.70. The van der Waals surface area contributed by atoms with Gasteiger partial charge in [-0.2, -0.15) is 15.0 Å². The molecule has 2 heterocycles. The first-order valence-electron chi connectivity index (χ1n) is 10.6. The number of hydrogen-bond donors (Lipinski definition) is 1. The molecule has 1 saturated heterocycles. The van der Waals surface area contributed by atoms with Crippen LogP contribution in [0.5, 0.6) is 0 Å². The minimum absolute atomic E-state index is 0.102. The second-order valence-corrected chi connectivity index (χ2v) is 7.95. The van der Waals surface area contributed by atoms with E-state index in [2.05, 4.69) is 15.5 Å². The number of aryl methyl sites for hydroxylation is 2. The number of nitrogens with zero attached hydrogens (tertiary/aromatic N) is 4. The average Bonchev–Trinajstić information content (AvgIpc) is 3.49. The first-order chi connectivity index (χ1) is 15.5. The number of Topliss-reactive ketones (excluding diaryl/α,β-unsaturated/α-hetero) is 1. The molecule has 0 radical (unpaired) electrons. The monoisotopic (exact) mass is 431 g/mol. The lowest BCUT2D eigenvalue weighted by molar-refractivity contribution is -0.124. The van der Waals surface area contributed by atoms with E-state index in [4.69, 9.17) is 0 Å². The van der Waals surface area contributed by atoms with Crippen LogP contribution in [0.15, 0.2) is 54.9 Å². The number of ketones is 1. The Bertz CT molecular complexity index is 1160. The molecular weight excluding hydrogens is 406 g/mol. The van der Waals surface area contributed by atoms with Crippen molar-refractivity contribution in [1.82, 2.24) is 25.2 Å². The van der Waals surface area contributed by atoms with Crippen molar-refractivity contribution in [3.8, 4) is 5.69 Å². The molecule has 1 N–H and O–H groups in total. The molecule has 32 heavy (non-hydrogen) atoms. The summed E-state index contributed by atoms with van der Waals surface area (Å²) >= 11 is 0. The van der Waals surface area contributed by atoms with Crippen LogP contribution in [-0.2, 0) is 4.79 Å². The summed E-state index contributed by atoms with van der Waals surface area (Å²) in [6, 6.07) is 12.1. The maximum Gasteiger partial charge on any atom is 0.256 e. The Kier molecular flexibility index (Phi) is 6.11. The van der Waals surface area contributed by atoms with Gasteiger partial charge in [-0.15, -0.1) is 0 Å². The SMILES string of the molecule is Cc1ccc(-n2nccn2)c(C(=O)N2CCCC2C(=O)NCC(=O)c2ccccc2C)c1. The summed E-state index contributed by atoms with van der Waals surface area (Å²) in [6.45, 7) is 4.14. The number of benzene rings is 2. The van der Waals surface area contributed by atoms with E-state index in [1.54, 1.807) is 41.6 Å². The second-order valence-electron chi connectivity index (χ2n) is 7.95. The largest absolute Gasteiger partial charge is 0.347 e. The van der Waals surface area contributed by atoms with Crippen LogP contribution in [0.25, 0.3) is 5.69 Å². The molecule has 1 aliphatic heterocycles. The van der Waals surface area contributed by atoms with Crippen molar-refractivity contribution in [3.63, 3.8) is 0 Å². The molecule has 0 saturated carbocycles. The lowest BCUT2D eigenvalue weighted by Crippen LogP contribution is -2.47. The smallest absolute Gasteiger partial charge is 0.256 e. The normalized spacial score (nSPS) is 15.6. The molecular formula is C24H25N5O3. The summed E-state index contributed by atoms with van der Waals surface area (Å²) in [5.74, 6) is -0.717. The standard InChI is InChI=1S/C24H25N5O3/c1-16-9-10-20(29-26-11-12-27-29)19(14-16)24(32)28-13-5-8-21(28)23(31)25-15-22(30)18-7-4-3-6-17(18)2/h3-4,6-7,9-12,14,21H,5,8,13,15H2,1-2H3,(H,25,31). The molecule has 8 heteroatoms. The Morgan fingerprint density at radius 1 is 1.03 bits per heavy atom. The second kappa shape index (κ2) is 9.13. The van der Waals surface area contributed by atoms with Crippen LogP contribution in [0.2, 0.25) is 0 Å². The van der Waals surface area contributed by atoms with Crippen molar-refractivity contribution in [2.45, 2.75) is 32.7 Å². The predicted molar refractivity (Wildman–Crippen MR) is 119 cm³/mol. The highest BCUT2D eigenvalue weighted by atomic mass is 16.2. The van der Waals surface area contributed by atoms with Crippen LogP contribution >= 0.6 is 0 Å². The average molecular weight is 431 g/mol. The highest BCUT2D eigenvalue weighted by Crippen LogP contribution is 2.24. The number of carbonyl (C=O) groups is 3. The van der Waals surface area contributed by atoms with Crippen LogP contribution in [0, 0.1) is 13.8 Å². The van der Waals surface area contributed by atoms with Crippen LogP contribution < -0.4 is 5.32 Å². The van der Waals surface area contributed by atoms with Gasteiger partial charge in [0.2, 0.25) is 5.91 Å². The van der Waals surface area contributed by atoms with Gasteiger partial charge in [0.1, 0.15) is 6.04 Å². The molecule has 2 aromatic carbocycles. The number of likely N-dealkylation sites (tertiary alicyclic amines) is 1. The zero-order valence-electron chi connectivity index (χ0n) is 18.1. The maximum atomic E-state index is 13.4. The molecule has 2 amide bonds. The highest BCUT2D eigenvalue weighted by Gasteiger charge is 2.35. The van der Waals surface area contributed by atoms with E-state index in [1.165, 1.54) is 4.80 Å². The Labute approximate surface area is 186 Å². The van der Waals surface area contributed by atoms with Crippen LogP contribution in [0.1, 0.15) is 44.7 Å². The molecule has 8 nitrogen and oxygen atoms in total. The summed E-state index contributed by atoms with van der Waals surface area (Å²) in [5.41, 5.74) is 3.38. The van der Waals surface area contributed by atoms with Crippen molar-refractivity contribution in [2.24, 2.45) is 0 Å². The molecule has 1 unspecified atom stereocenters. The highest BCUT2D eigenvalue weighted by molar-refractivity contribution is 6.03. The summed E-state index contributed by atoms with van der Waals surface area (Å²) in [4.78, 5) is 41.9. The zero-order chi connectivity index (χ0) is 22.7. The number of rotatable bonds is 6. The van der Waals surface area contributed by atoms with Gasteiger partial charge in [-0.1, -0.05) is 35.9 Å². The number of carbonyl (C=O) groups excluding carboxylic acids is 3. The Balaban J connectivity index is 1.50. The number of amides is 2. The van der Waals surface area contributed by atoms with Gasteiger partial charge in [0.25, 0.3) is 5.91 Å². The molecule has 0 bridgehead atoms. The van der Waals surface area contributed by atoms with Gasteiger partial charge in [-0.3, -0.25) is 14.4 Å². The molecule has 3 aromatic rings. The van der Waals surface area contributed by atoms with Gasteiger partial charge in [0.05, 0.1) is 30.2 Å². The maximum absolute atomic E-state index is 13.4. The van der Waals surface area contributed by atoms with Crippen molar-refractivity contribution < 1.29 is 14.4 Å². The first kappa shape index (κ1) is 21.4. The first-order valence-corrected chi connectivity index (χ1v) is 10.6. The van der Waals surface area contributed by atoms with Crippen molar-refractivity contribution in [1.29, 1.82) is 0 Å². The zero-order valence-corrected chi connectivity index (χ0v) is 18.1. The van der Waals surface area contributed by atoms with E-state index < -0.39 is 6.04 Å². The molecule has 4 rings (SSSR count). The molecule has 0 aliphatic carbocycles. The van der Waals surface area contributed by atoms with Gasteiger partial charge in [0, 0.05) is 12.1 Å². The topological polar surface area (TPSA) is 97.2 Å². The van der Waals surface area contributed by atoms with Crippen LogP contribution in [-0.4, -0.2) is 56.6 Å². The lowest BCUT2D eigenvalue weighted by Gasteiger charge is -2.25. The number of aromatic nitrogens is 3. The van der Waals surface area contributed by atoms with Gasteiger partial charge in [-0.05, 0) is 44.4 Å². The van der Waals surface area contributed by atoms with Crippen LogP contribution in [0.3, 0.4) is 0 Å². The Morgan fingerprint density at radius 2 is 1.78 bits per heavy atom. The molecule has 1 atom stereocenters. The summed E-state index contributed by atoms with van der Waals surface area (Å²) in [5, 5.41) is 11.0. The molecule has 1 aromatic heterocycles. The van der Waals surface area contributed by atoms with Gasteiger partial charge >= 0.3 is 0 Å². The van der Waals surface area contributed by atoms with Gasteiger partial charge < -0.3 is 10.2 Å². The molecule has 1 aliphatic rings. The summed E-state index contributed by atoms with van der Waals surface area (Å²) < 4.78 is 0. The van der Waals surface area contributed by atoms with E-state index in [9.17, 15) is 14.4 Å². The molecule has 164 valence electrons. The fourth-order valence-corrected chi connectivity index (χ4v) is 4.04. The number of hydrogen-bond acceptors (Lipinski definition) is 5. The van der Waals surface area contributed by atoms with Crippen molar-refractivity contribution in [3.05, 3.63) is 77.1 Å². The lowest BCUT2D eigenvalue weighted by atomic mass is 10.0. The molecule has 1 fully saturated rings. The third-order valence-electron chi connectivity index (χ3n) is 5.70.